The van der Waals surface area contributed by atoms with E-state index in [0.29, 0.717) is 15.4 Å². The zero-order valence-corrected chi connectivity index (χ0v) is 17.6. The van der Waals surface area contributed by atoms with Gasteiger partial charge in [0.05, 0.1) is 17.1 Å². The molecule has 0 aliphatic carbocycles. The van der Waals surface area contributed by atoms with Gasteiger partial charge < -0.3 is 10.2 Å². The number of benzene rings is 2. The average molecular weight is 458 g/mol. The van der Waals surface area contributed by atoms with Gasteiger partial charge in [-0.1, -0.05) is 6.07 Å². The number of hydrogen-bond acceptors (Lipinski definition) is 6. The van der Waals surface area contributed by atoms with Gasteiger partial charge in [-0.3, -0.25) is 4.72 Å². The average Bonchev–Trinajstić information content (AvgIpc) is 2.89. The minimum absolute atomic E-state index is 0.0631. The van der Waals surface area contributed by atoms with Crippen molar-refractivity contribution in [3.63, 3.8) is 0 Å². The molecule has 4 N–H and O–H groups in total. The van der Waals surface area contributed by atoms with Crippen molar-refractivity contribution in [3.05, 3.63) is 65.4 Å². The molecule has 0 saturated carbocycles. The highest BCUT2D eigenvalue weighted by molar-refractivity contribution is 7.93. The van der Waals surface area contributed by atoms with Gasteiger partial charge in [-0.15, -0.1) is 0 Å². The number of phenolic OH excluding ortho intramolecular Hbond substituents is 1. The first-order valence-corrected chi connectivity index (χ1v) is 11.7. The van der Waals surface area contributed by atoms with Crippen LogP contribution in [0.3, 0.4) is 0 Å². The molecule has 1 heterocycles. The van der Waals surface area contributed by atoms with Crippen LogP contribution in [0.5, 0.6) is 5.75 Å². The second-order valence-corrected chi connectivity index (χ2v) is 10.7. The normalized spacial score (nSPS) is 15.7. The third-order valence-electron chi connectivity index (χ3n) is 4.34. The molecule has 9 nitrogen and oxygen atoms in total. The van der Waals surface area contributed by atoms with Gasteiger partial charge in [-0.25, -0.2) is 21.8 Å². The molecule has 0 radical (unpaired) electrons. The fourth-order valence-corrected chi connectivity index (χ4v) is 4.56. The number of aliphatic hydroxyl groups is 1. The number of anilines is 2. The van der Waals surface area contributed by atoms with Crippen molar-refractivity contribution in [2.45, 2.75) is 25.5 Å². The lowest BCUT2D eigenvalue weighted by Crippen LogP contribution is -2.29. The van der Waals surface area contributed by atoms with Gasteiger partial charge in [0.1, 0.15) is 17.3 Å². The molecule has 0 amide bonds. The summed E-state index contributed by atoms with van der Waals surface area (Å²) in [6.07, 6.45) is 0.961. The highest BCUT2D eigenvalue weighted by Gasteiger charge is 2.30. The van der Waals surface area contributed by atoms with E-state index in [0.717, 1.165) is 12.3 Å². The van der Waals surface area contributed by atoms with E-state index in [9.17, 15) is 31.4 Å². The number of nitrogens with zero attached hydrogens (tertiary/aromatic N) is 1. The van der Waals surface area contributed by atoms with Gasteiger partial charge in [0, 0.05) is 0 Å². The van der Waals surface area contributed by atoms with E-state index in [2.05, 4.69) is 4.72 Å². The quantitative estimate of drug-likeness (QED) is 0.525. The van der Waals surface area contributed by atoms with Crippen molar-refractivity contribution in [1.82, 2.24) is 4.72 Å². The highest BCUT2D eigenvalue weighted by Crippen LogP contribution is 2.33. The molecule has 0 spiro atoms. The van der Waals surface area contributed by atoms with Crippen LogP contribution in [0, 0.1) is 5.82 Å². The van der Waals surface area contributed by atoms with Crippen molar-refractivity contribution < 1.29 is 31.4 Å². The minimum Gasteiger partial charge on any atom is -0.506 e. The predicted octanol–water partition coefficient (Wildman–Crippen LogP) is 2.28. The van der Waals surface area contributed by atoms with Crippen LogP contribution in [-0.2, 0) is 26.7 Å². The Labute approximate surface area is 173 Å². The Hall–Kier alpha value is -2.99. The topological polar surface area (TPSA) is 136 Å². The summed E-state index contributed by atoms with van der Waals surface area (Å²) in [6.45, 7) is 3.02. The predicted molar refractivity (Wildman–Crippen MR) is 110 cm³/mol. The molecule has 0 fully saturated rings. The summed E-state index contributed by atoms with van der Waals surface area (Å²) >= 11 is 0. The van der Waals surface area contributed by atoms with E-state index in [-0.39, 0.29) is 17.8 Å². The molecule has 0 bridgehead atoms. The van der Waals surface area contributed by atoms with Crippen LogP contribution in [0.25, 0.3) is 0 Å². The maximum atomic E-state index is 13.8. The van der Waals surface area contributed by atoms with Crippen molar-refractivity contribution in [2.75, 3.05) is 9.03 Å². The SMILES string of the molecule is CC(C)S(=O)(=O)Nc1ccc(F)cc1Cc1ccc(N2C=C(O)NS2(=O)=O)c(O)c1. The van der Waals surface area contributed by atoms with E-state index in [4.69, 9.17) is 0 Å². The molecule has 162 valence electrons. The molecule has 30 heavy (non-hydrogen) atoms. The first-order chi connectivity index (χ1) is 13.9. The van der Waals surface area contributed by atoms with Gasteiger partial charge in [-0.05, 0) is 61.7 Å². The Morgan fingerprint density at radius 1 is 1.17 bits per heavy atom. The Balaban J connectivity index is 1.93. The second kappa shape index (κ2) is 7.69. The molecule has 3 rings (SSSR count). The number of nitrogens with one attached hydrogen (secondary N) is 2. The molecule has 2 aromatic carbocycles. The lowest BCUT2D eigenvalue weighted by atomic mass is 10.0. The van der Waals surface area contributed by atoms with Crippen LogP contribution in [-0.4, -0.2) is 32.3 Å². The summed E-state index contributed by atoms with van der Waals surface area (Å²) in [5, 5.41) is 19.0. The van der Waals surface area contributed by atoms with Crippen LogP contribution >= 0.6 is 0 Å². The zero-order valence-electron chi connectivity index (χ0n) is 16.0. The van der Waals surface area contributed by atoms with Crippen LogP contribution in [0.15, 0.2) is 48.5 Å². The Morgan fingerprint density at radius 2 is 1.87 bits per heavy atom. The molecule has 0 atom stereocenters. The summed E-state index contributed by atoms with van der Waals surface area (Å²) < 4.78 is 67.0. The molecular weight excluding hydrogens is 437 g/mol. The summed E-state index contributed by atoms with van der Waals surface area (Å²) in [6, 6.07) is 7.72. The number of aromatic hydroxyl groups is 1. The Kier molecular flexibility index (Phi) is 5.56. The Morgan fingerprint density at radius 3 is 2.43 bits per heavy atom. The number of rotatable bonds is 6. The third kappa shape index (κ3) is 4.44. The standard InChI is InChI=1S/C18H20FN3O6S2/c1-11(2)29(25,26)20-15-5-4-14(19)9-13(15)7-12-3-6-16(17(23)8-12)22-10-18(24)21-30(22,27)28/h3-6,8-11,20-21,23-24H,7H2,1-2H3. The van der Waals surface area contributed by atoms with Gasteiger partial charge in [0.2, 0.25) is 15.9 Å². The van der Waals surface area contributed by atoms with Gasteiger partial charge in [0.15, 0.2) is 0 Å². The number of hydrogen-bond donors (Lipinski definition) is 4. The van der Waals surface area contributed by atoms with E-state index in [1.54, 1.807) is 0 Å². The highest BCUT2D eigenvalue weighted by atomic mass is 32.2. The minimum atomic E-state index is -4.07. The Bertz CT molecular complexity index is 1230. The van der Waals surface area contributed by atoms with Crippen LogP contribution in [0.2, 0.25) is 0 Å². The van der Waals surface area contributed by atoms with E-state index < -0.39 is 42.9 Å². The van der Waals surface area contributed by atoms with Crippen LogP contribution in [0.1, 0.15) is 25.0 Å². The summed E-state index contributed by atoms with van der Waals surface area (Å²) in [5.41, 5.74) is 0.909. The number of halogens is 1. The molecule has 2 aromatic rings. The fraction of sp³-hybridized carbons (Fsp3) is 0.222. The lowest BCUT2D eigenvalue weighted by molar-refractivity contribution is 0.392. The molecular formula is C18H20FN3O6S2. The van der Waals surface area contributed by atoms with E-state index in [1.807, 2.05) is 4.72 Å². The lowest BCUT2D eigenvalue weighted by Gasteiger charge is -2.17. The van der Waals surface area contributed by atoms with Crippen molar-refractivity contribution in [1.29, 1.82) is 0 Å². The number of phenols is 1. The smallest absolute Gasteiger partial charge is 0.330 e. The monoisotopic (exact) mass is 457 g/mol. The number of aliphatic hydroxyl groups excluding tert-OH is 1. The molecule has 12 heteroatoms. The van der Waals surface area contributed by atoms with Gasteiger partial charge in [0.25, 0.3) is 0 Å². The first kappa shape index (κ1) is 21.7. The van der Waals surface area contributed by atoms with Crippen LogP contribution in [0.4, 0.5) is 15.8 Å². The molecule has 0 aromatic heterocycles. The summed E-state index contributed by atoms with van der Waals surface area (Å²) in [4.78, 5) is 0. The van der Waals surface area contributed by atoms with Crippen molar-refractivity contribution in [3.8, 4) is 5.75 Å². The fourth-order valence-electron chi connectivity index (χ4n) is 2.75. The zero-order chi connectivity index (χ0) is 22.3. The maximum absolute atomic E-state index is 13.8. The van der Waals surface area contributed by atoms with E-state index in [1.165, 1.54) is 44.2 Å². The molecule has 1 aliphatic heterocycles. The molecule has 0 saturated heterocycles. The van der Waals surface area contributed by atoms with Gasteiger partial charge >= 0.3 is 10.2 Å². The van der Waals surface area contributed by atoms with Crippen molar-refractivity contribution >= 4 is 31.6 Å². The van der Waals surface area contributed by atoms with Crippen LogP contribution < -0.4 is 13.7 Å². The van der Waals surface area contributed by atoms with E-state index >= 15 is 0 Å². The molecule has 0 unspecified atom stereocenters. The molecule has 1 aliphatic rings. The summed E-state index contributed by atoms with van der Waals surface area (Å²) in [5.74, 6) is -1.56. The van der Waals surface area contributed by atoms with Gasteiger partial charge in [-0.2, -0.15) is 8.42 Å². The first-order valence-electron chi connectivity index (χ1n) is 8.74. The second-order valence-electron chi connectivity index (χ2n) is 6.91. The number of sulfonamides is 1. The van der Waals surface area contributed by atoms with Crippen molar-refractivity contribution in [2.24, 2.45) is 0 Å². The third-order valence-corrected chi connectivity index (χ3v) is 7.38. The largest absolute Gasteiger partial charge is 0.506 e. The maximum Gasteiger partial charge on any atom is 0.330 e. The summed E-state index contributed by atoms with van der Waals surface area (Å²) in [7, 11) is -7.73.